The maximum Gasteiger partial charge on any atom is 0.315 e. The van der Waals surface area contributed by atoms with Gasteiger partial charge in [0.05, 0.1) is 6.04 Å². The Labute approximate surface area is 103 Å². The quantitative estimate of drug-likeness (QED) is 0.731. The summed E-state index contributed by atoms with van der Waals surface area (Å²) >= 11 is 0. The zero-order valence-electron chi connectivity index (χ0n) is 11.3. The first-order valence-electron chi connectivity index (χ1n) is 6.50. The van der Waals surface area contributed by atoms with Crippen molar-refractivity contribution < 1.29 is 4.42 Å². The van der Waals surface area contributed by atoms with Crippen molar-refractivity contribution in [2.24, 2.45) is 0 Å². The van der Waals surface area contributed by atoms with E-state index in [1.54, 1.807) is 0 Å². The van der Waals surface area contributed by atoms with E-state index in [1.807, 2.05) is 6.92 Å². The first-order chi connectivity index (χ1) is 8.17. The molecule has 0 amide bonds. The van der Waals surface area contributed by atoms with E-state index in [0.29, 0.717) is 17.9 Å². The van der Waals surface area contributed by atoms with Gasteiger partial charge in [0.2, 0.25) is 5.89 Å². The highest BCUT2D eigenvalue weighted by molar-refractivity contribution is 5.19. The first kappa shape index (κ1) is 14.0. The molecule has 0 radical (unpaired) electrons. The molecule has 0 saturated heterocycles. The molecule has 1 aromatic rings. The predicted octanol–water partition coefficient (Wildman–Crippen LogP) is 2.73. The van der Waals surface area contributed by atoms with Gasteiger partial charge in [-0.05, 0) is 26.8 Å². The van der Waals surface area contributed by atoms with E-state index >= 15 is 0 Å². The molecule has 0 bridgehead atoms. The van der Waals surface area contributed by atoms with Crippen LogP contribution in [0.2, 0.25) is 0 Å². The van der Waals surface area contributed by atoms with Gasteiger partial charge in [-0.3, -0.25) is 0 Å². The van der Waals surface area contributed by atoms with Crippen molar-refractivity contribution in [3.63, 3.8) is 0 Å². The SMILES string of the molecule is CCCCC(C)Nc1nnc(C(C)NCC)o1. The van der Waals surface area contributed by atoms with Gasteiger partial charge in [0.15, 0.2) is 0 Å². The third kappa shape index (κ3) is 4.73. The summed E-state index contributed by atoms with van der Waals surface area (Å²) in [5.41, 5.74) is 0. The third-order valence-electron chi connectivity index (χ3n) is 2.68. The Morgan fingerprint density at radius 3 is 2.65 bits per heavy atom. The van der Waals surface area contributed by atoms with Gasteiger partial charge < -0.3 is 15.1 Å². The van der Waals surface area contributed by atoms with Gasteiger partial charge >= 0.3 is 6.01 Å². The standard InChI is InChI=1S/C12H24N4O/c1-5-7-8-9(3)14-12-16-15-11(17-12)10(4)13-6-2/h9-10,13H,5-8H2,1-4H3,(H,14,16). The summed E-state index contributed by atoms with van der Waals surface area (Å²) in [7, 11) is 0. The summed E-state index contributed by atoms with van der Waals surface area (Å²) in [6, 6.07) is 1.00. The highest BCUT2D eigenvalue weighted by atomic mass is 16.4. The van der Waals surface area contributed by atoms with Crippen LogP contribution in [0.3, 0.4) is 0 Å². The van der Waals surface area contributed by atoms with Crippen LogP contribution in [0.4, 0.5) is 6.01 Å². The van der Waals surface area contributed by atoms with Crippen molar-refractivity contribution >= 4 is 6.01 Å². The smallest absolute Gasteiger partial charge is 0.315 e. The lowest BCUT2D eigenvalue weighted by Crippen LogP contribution is -2.18. The third-order valence-corrected chi connectivity index (χ3v) is 2.68. The summed E-state index contributed by atoms with van der Waals surface area (Å²) in [6.45, 7) is 9.28. The Kier molecular flexibility index (Phi) is 5.97. The van der Waals surface area contributed by atoms with Crippen molar-refractivity contribution in [3.05, 3.63) is 5.89 Å². The number of hydrogen-bond donors (Lipinski definition) is 2. The lowest BCUT2D eigenvalue weighted by atomic mass is 10.1. The van der Waals surface area contributed by atoms with Crippen LogP contribution in [0.25, 0.3) is 0 Å². The Bertz CT molecular complexity index is 313. The summed E-state index contributed by atoms with van der Waals surface area (Å²) in [6.07, 6.45) is 3.54. The molecule has 0 fully saturated rings. The average molecular weight is 240 g/mol. The van der Waals surface area contributed by atoms with E-state index in [9.17, 15) is 0 Å². The van der Waals surface area contributed by atoms with E-state index in [-0.39, 0.29) is 6.04 Å². The second-order valence-corrected chi connectivity index (χ2v) is 4.41. The molecule has 5 heteroatoms. The molecule has 2 atom stereocenters. The summed E-state index contributed by atoms with van der Waals surface area (Å²) in [5.74, 6) is 0.636. The summed E-state index contributed by atoms with van der Waals surface area (Å²) < 4.78 is 5.55. The number of anilines is 1. The average Bonchev–Trinajstić information content (AvgIpc) is 2.75. The zero-order valence-corrected chi connectivity index (χ0v) is 11.3. The van der Waals surface area contributed by atoms with Gasteiger partial charge in [0, 0.05) is 6.04 Å². The van der Waals surface area contributed by atoms with E-state index < -0.39 is 0 Å². The lowest BCUT2D eigenvalue weighted by molar-refractivity contribution is 0.426. The largest absolute Gasteiger partial charge is 0.406 e. The zero-order chi connectivity index (χ0) is 12.7. The number of nitrogens with one attached hydrogen (secondary N) is 2. The number of aromatic nitrogens is 2. The molecule has 1 rings (SSSR count). The van der Waals surface area contributed by atoms with Crippen LogP contribution in [0.15, 0.2) is 4.42 Å². The number of hydrogen-bond acceptors (Lipinski definition) is 5. The van der Waals surface area contributed by atoms with E-state index in [4.69, 9.17) is 4.42 Å². The van der Waals surface area contributed by atoms with E-state index in [0.717, 1.165) is 13.0 Å². The van der Waals surface area contributed by atoms with Crippen molar-refractivity contribution in [3.8, 4) is 0 Å². The summed E-state index contributed by atoms with van der Waals surface area (Å²) in [4.78, 5) is 0. The topological polar surface area (TPSA) is 63.0 Å². The van der Waals surface area contributed by atoms with Crippen LogP contribution in [-0.2, 0) is 0 Å². The minimum atomic E-state index is 0.106. The number of unbranched alkanes of at least 4 members (excludes halogenated alkanes) is 1. The number of nitrogens with zero attached hydrogens (tertiary/aromatic N) is 2. The monoisotopic (exact) mass is 240 g/mol. The van der Waals surface area contributed by atoms with Crippen LogP contribution < -0.4 is 10.6 Å². The first-order valence-corrected chi connectivity index (χ1v) is 6.50. The van der Waals surface area contributed by atoms with Crippen molar-refractivity contribution in [1.82, 2.24) is 15.5 Å². The molecular weight excluding hydrogens is 216 g/mol. The normalized spacial score (nSPS) is 14.6. The van der Waals surface area contributed by atoms with E-state index in [2.05, 4.69) is 41.6 Å². The Balaban J connectivity index is 2.44. The van der Waals surface area contributed by atoms with Gasteiger partial charge in [-0.15, -0.1) is 5.10 Å². The van der Waals surface area contributed by atoms with Crippen LogP contribution in [-0.4, -0.2) is 22.8 Å². The van der Waals surface area contributed by atoms with E-state index in [1.165, 1.54) is 12.8 Å². The lowest BCUT2D eigenvalue weighted by Gasteiger charge is -2.10. The molecule has 0 aliphatic carbocycles. The van der Waals surface area contributed by atoms with Gasteiger partial charge in [-0.1, -0.05) is 31.8 Å². The molecule has 0 spiro atoms. The molecule has 0 aliphatic rings. The molecular formula is C12H24N4O. The molecule has 0 aromatic carbocycles. The fourth-order valence-electron chi connectivity index (χ4n) is 1.65. The van der Waals surface area contributed by atoms with Crippen molar-refractivity contribution in [2.45, 2.75) is 59.0 Å². The molecule has 98 valence electrons. The van der Waals surface area contributed by atoms with Crippen LogP contribution in [0, 0.1) is 0 Å². The minimum Gasteiger partial charge on any atom is -0.406 e. The van der Waals surface area contributed by atoms with Crippen molar-refractivity contribution in [1.29, 1.82) is 0 Å². The van der Waals surface area contributed by atoms with Crippen LogP contribution >= 0.6 is 0 Å². The number of rotatable bonds is 8. The molecule has 0 saturated carbocycles. The minimum absolute atomic E-state index is 0.106. The molecule has 1 aromatic heterocycles. The maximum absolute atomic E-state index is 5.55. The van der Waals surface area contributed by atoms with Gasteiger partial charge in [-0.2, -0.15) is 0 Å². The molecule has 5 nitrogen and oxygen atoms in total. The molecule has 17 heavy (non-hydrogen) atoms. The molecule has 2 N–H and O–H groups in total. The van der Waals surface area contributed by atoms with Crippen molar-refractivity contribution in [2.75, 3.05) is 11.9 Å². The Morgan fingerprint density at radius 1 is 1.24 bits per heavy atom. The van der Waals surface area contributed by atoms with Crippen LogP contribution in [0.5, 0.6) is 0 Å². The Hall–Kier alpha value is -1.10. The molecule has 1 heterocycles. The highest BCUT2D eigenvalue weighted by Crippen LogP contribution is 2.15. The highest BCUT2D eigenvalue weighted by Gasteiger charge is 2.13. The Morgan fingerprint density at radius 2 is 2.00 bits per heavy atom. The molecule has 2 unspecified atom stereocenters. The second-order valence-electron chi connectivity index (χ2n) is 4.41. The fraction of sp³-hybridized carbons (Fsp3) is 0.833. The fourth-order valence-corrected chi connectivity index (χ4v) is 1.65. The van der Waals surface area contributed by atoms with Gasteiger partial charge in [0.25, 0.3) is 0 Å². The van der Waals surface area contributed by atoms with Gasteiger partial charge in [0.1, 0.15) is 0 Å². The van der Waals surface area contributed by atoms with Gasteiger partial charge in [-0.25, -0.2) is 0 Å². The van der Waals surface area contributed by atoms with Crippen LogP contribution in [0.1, 0.15) is 58.9 Å². The molecule has 0 aliphatic heterocycles. The summed E-state index contributed by atoms with van der Waals surface area (Å²) in [5, 5.41) is 14.5. The maximum atomic E-state index is 5.55. The second kappa shape index (κ2) is 7.27. The predicted molar refractivity (Wildman–Crippen MR) is 69.0 cm³/mol.